The molecule has 1 heterocycles. The summed E-state index contributed by atoms with van der Waals surface area (Å²) in [6, 6.07) is 21.7. The van der Waals surface area contributed by atoms with E-state index in [1.807, 2.05) is 37.3 Å². The van der Waals surface area contributed by atoms with Crippen LogP contribution in [0.2, 0.25) is 0 Å². The fraction of sp³-hybridized carbons (Fsp3) is 0.194. The Morgan fingerprint density at radius 3 is 2.22 bits per heavy atom. The summed E-state index contributed by atoms with van der Waals surface area (Å²) in [7, 11) is -4.09. The van der Waals surface area contributed by atoms with Crippen LogP contribution in [0.3, 0.4) is 0 Å². The molecule has 212 valence electrons. The number of sulfonamides is 1. The Kier molecular flexibility index (Phi) is 9.16. The molecule has 41 heavy (non-hydrogen) atoms. The summed E-state index contributed by atoms with van der Waals surface area (Å²) < 4.78 is 28.8. The Hall–Kier alpha value is -4.54. The first-order valence-corrected chi connectivity index (χ1v) is 14.5. The molecule has 0 aliphatic heterocycles. The molecular formula is C31H32N4O5S. The van der Waals surface area contributed by atoms with Gasteiger partial charge in [0.05, 0.1) is 17.1 Å². The summed E-state index contributed by atoms with van der Waals surface area (Å²) in [5.41, 5.74) is 5.58. The van der Waals surface area contributed by atoms with Crippen molar-refractivity contribution in [2.75, 3.05) is 5.32 Å². The highest BCUT2D eigenvalue weighted by atomic mass is 32.2. The monoisotopic (exact) mass is 572 g/mol. The molecule has 0 radical (unpaired) electrons. The van der Waals surface area contributed by atoms with Crippen LogP contribution in [0.1, 0.15) is 27.9 Å². The highest BCUT2D eigenvalue weighted by Crippen LogP contribution is 2.25. The molecule has 1 aromatic heterocycles. The molecule has 10 heteroatoms. The number of amides is 2. The van der Waals surface area contributed by atoms with E-state index in [1.165, 1.54) is 0 Å². The molecule has 0 aliphatic carbocycles. The van der Waals surface area contributed by atoms with E-state index in [1.54, 1.807) is 68.6 Å². The van der Waals surface area contributed by atoms with Crippen molar-refractivity contribution in [3.8, 4) is 11.1 Å². The second kappa shape index (κ2) is 12.8. The summed E-state index contributed by atoms with van der Waals surface area (Å²) >= 11 is 0. The maximum atomic E-state index is 13.2. The number of carbonyl (C=O) groups is 2. The molecule has 0 saturated heterocycles. The molecule has 1 atom stereocenters. The van der Waals surface area contributed by atoms with Crippen LogP contribution in [-0.4, -0.2) is 36.6 Å². The van der Waals surface area contributed by atoms with Gasteiger partial charge in [-0.15, -0.1) is 0 Å². The van der Waals surface area contributed by atoms with Gasteiger partial charge in [-0.1, -0.05) is 60.2 Å². The first kappa shape index (κ1) is 29.4. The fourth-order valence-corrected chi connectivity index (χ4v) is 6.40. The lowest BCUT2D eigenvalue weighted by molar-refractivity contribution is -0.138. The van der Waals surface area contributed by atoms with Crippen molar-refractivity contribution in [3.63, 3.8) is 0 Å². The zero-order valence-corrected chi connectivity index (χ0v) is 23.8. The zero-order chi connectivity index (χ0) is 29.6. The van der Waals surface area contributed by atoms with Gasteiger partial charge < -0.3 is 15.7 Å². The molecule has 0 bridgehead atoms. The van der Waals surface area contributed by atoms with Gasteiger partial charge in [-0.3, -0.25) is 9.78 Å². The first-order valence-electron chi connectivity index (χ1n) is 13.0. The number of hydrogen-bond acceptors (Lipinski definition) is 5. The molecule has 4 rings (SSSR count). The topological polar surface area (TPSA) is 137 Å². The van der Waals surface area contributed by atoms with E-state index in [0.29, 0.717) is 22.4 Å². The Morgan fingerprint density at radius 1 is 0.878 bits per heavy atom. The van der Waals surface area contributed by atoms with E-state index in [4.69, 9.17) is 0 Å². The molecule has 3 aromatic carbocycles. The van der Waals surface area contributed by atoms with E-state index >= 15 is 0 Å². The summed E-state index contributed by atoms with van der Waals surface area (Å²) in [4.78, 5) is 28.8. The summed E-state index contributed by atoms with van der Waals surface area (Å²) in [5, 5.41) is 15.4. The number of nitrogens with zero attached hydrogens (tertiary/aromatic N) is 1. The largest absolute Gasteiger partial charge is 0.480 e. The van der Waals surface area contributed by atoms with Crippen LogP contribution in [0.15, 0.2) is 90.0 Å². The van der Waals surface area contributed by atoms with Gasteiger partial charge in [0.1, 0.15) is 6.04 Å². The molecule has 0 saturated carbocycles. The van der Waals surface area contributed by atoms with Crippen LogP contribution in [0.4, 0.5) is 10.5 Å². The maximum absolute atomic E-state index is 13.2. The van der Waals surface area contributed by atoms with Crippen LogP contribution in [0, 0.1) is 20.8 Å². The van der Waals surface area contributed by atoms with E-state index in [9.17, 15) is 23.1 Å². The first-order chi connectivity index (χ1) is 19.5. The van der Waals surface area contributed by atoms with Crippen molar-refractivity contribution in [3.05, 3.63) is 113 Å². The van der Waals surface area contributed by atoms with Gasteiger partial charge >= 0.3 is 12.0 Å². The third-order valence-corrected chi connectivity index (χ3v) is 8.22. The number of pyridine rings is 1. The number of rotatable bonds is 10. The average molecular weight is 573 g/mol. The zero-order valence-electron chi connectivity index (χ0n) is 23.0. The minimum Gasteiger partial charge on any atom is -0.480 e. The van der Waals surface area contributed by atoms with Crippen molar-refractivity contribution in [1.29, 1.82) is 0 Å². The van der Waals surface area contributed by atoms with Crippen LogP contribution in [-0.2, 0) is 27.8 Å². The van der Waals surface area contributed by atoms with Crippen LogP contribution >= 0.6 is 0 Å². The minimum absolute atomic E-state index is 0.0553. The second-order valence-corrected chi connectivity index (χ2v) is 11.5. The molecule has 4 aromatic rings. The predicted molar refractivity (Wildman–Crippen MR) is 158 cm³/mol. The number of carbonyl (C=O) groups excluding carboxylic acids is 1. The highest BCUT2D eigenvalue weighted by Gasteiger charge is 2.28. The standard InChI is InChI=1S/C31H32N4O5S/c1-20-14-21(2)29(22(3)15-20)41(39,40)35-28(30(36)37)17-23-8-6-9-24(16-23)25-10-7-12-26(18-25)34-31(38)33-19-27-11-4-5-13-32-27/h4-16,18,28,35H,17,19H2,1-3H3,(H,36,37)(H2,33,34,38). The Bertz CT molecular complexity index is 1650. The number of nitrogens with one attached hydrogen (secondary N) is 3. The molecule has 9 nitrogen and oxygen atoms in total. The third kappa shape index (κ3) is 7.77. The van der Waals surface area contributed by atoms with E-state index < -0.39 is 22.0 Å². The number of carboxylic acid groups (broad SMARTS) is 1. The Balaban J connectivity index is 1.48. The van der Waals surface area contributed by atoms with Gasteiger partial charge in [0, 0.05) is 11.9 Å². The van der Waals surface area contributed by atoms with Gasteiger partial charge in [0.15, 0.2) is 0 Å². The SMILES string of the molecule is Cc1cc(C)c(S(=O)(=O)NC(Cc2cccc(-c3cccc(NC(=O)NCc4ccccn4)c3)c2)C(=O)O)c(C)c1. The number of aliphatic carboxylic acids is 1. The summed E-state index contributed by atoms with van der Waals surface area (Å²) in [5.74, 6) is -1.27. The molecular weight excluding hydrogens is 540 g/mol. The normalized spacial score (nSPS) is 12.0. The van der Waals surface area contributed by atoms with Crippen molar-refractivity contribution in [2.24, 2.45) is 0 Å². The summed E-state index contributed by atoms with van der Waals surface area (Å²) in [6.45, 7) is 5.55. The van der Waals surface area contributed by atoms with Crippen molar-refractivity contribution in [2.45, 2.75) is 44.7 Å². The van der Waals surface area contributed by atoms with Crippen molar-refractivity contribution in [1.82, 2.24) is 15.0 Å². The molecule has 0 fully saturated rings. The lowest BCUT2D eigenvalue weighted by Gasteiger charge is -2.18. The van der Waals surface area contributed by atoms with E-state index in [-0.39, 0.29) is 23.9 Å². The fourth-order valence-electron chi connectivity index (χ4n) is 4.76. The second-order valence-electron chi connectivity index (χ2n) is 9.85. The maximum Gasteiger partial charge on any atom is 0.322 e. The van der Waals surface area contributed by atoms with Gasteiger partial charge in [-0.25, -0.2) is 13.2 Å². The number of anilines is 1. The molecule has 1 unspecified atom stereocenters. The number of hydrogen-bond donors (Lipinski definition) is 4. The predicted octanol–water partition coefficient (Wildman–Crippen LogP) is 4.97. The van der Waals surface area contributed by atoms with Gasteiger partial charge in [0.25, 0.3) is 0 Å². The molecule has 0 spiro atoms. The number of benzene rings is 3. The number of aryl methyl sites for hydroxylation is 3. The number of aromatic nitrogens is 1. The quantitative estimate of drug-likeness (QED) is 0.212. The molecule has 0 aliphatic rings. The Morgan fingerprint density at radius 2 is 1.56 bits per heavy atom. The minimum atomic E-state index is -4.09. The smallest absolute Gasteiger partial charge is 0.322 e. The number of urea groups is 1. The van der Waals surface area contributed by atoms with Gasteiger partial charge in [-0.2, -0.15) is 4.72 Å². The van der Waals surface area contributed by atoms with Gasteiger partial charge in [0.2, 0.25) is 10.0 Å². The van der Waals surface area contributed by atoms with Crippen molar-refractivity contribution < 1.29 is 23.1 Å². The molecule has 2 amide bonds. The summed E-state index contributed by atoms with van der Waals surface area (Å²) in [6.07, 6.45) is 1.60. The van der Waals surface area contributed by atoms with Gasteiger partial charge in [-0.05, 0) is 79.3 Å². The van der Waals surface area contributed by atoms with Crippen LogP contribution in [0.5, 0.6) is 0 Å². The highest BCUT2D eigenvalue weighted by molar-refractivity contribution is 7.89. The molecule has 4 N–H and O–H groups in total. The van der Waals surface area contributed by atoms with E-state index in [0.717, 1.165) is 22.4 Å². The third-order valence-electron chi connectivity index (χ3n) is 6.45. The lowest BCUT2D eigenvalue weighted by atomic mass is 9.99. The van der Waals surface area contributed by atoms with Crippen LogP contribution < -0.4 is 15.4 Å². The number of carboxylic acids is 1. The average Bonchev–Trinajstić information content (AvgIpc) is 2.91. The van der Waals surface area contributed by atoms with Crippen LogP contribution in [0.25, 0.3) is 11.1 Å². The van der Waals surface area contributed by atoms with Crippen molar-refractivity contribution >= 4 is 27.7 Å². The Labute approximate surface area is 239 Å². The van der Waals surface area contributed by atoms with E-state index in [2.05, 4.69) is 20.3 Å². The lowest BCUT2D eigenvalue weighted by Crippen LogP contribution is -2.42.